The third-order valence-corrected chi connectivity index (χ3v) is 2.24. The lowest BCUT2D eigenvalue weighted by molar-refractivity contribution is 0.741. The molecule has 0 N–H and O–H groups in total. The maximum atomic E-state index is 4.11. The molecule has 0 fully saturated rings. The number of nitrogens with zero attached hydrogens (tertiary/aromatic N) is 2. The van der Waals surface area contributed by atoms with Crippen LogP contribution in [0.4, 0.5) is 5.69 Å². The highest BCUT2D eigenvalue weighted by Gasteiger charge is 2.11. The molecule has 2 nitrogen and oxygen atoms in total. The summed E-state index contributed by atoms with van der Waals surface area (Å²) in [6.45, 7) is 5.17. The van der Waals surface area contributed by atoms with E-state index in [-0.39, 0.29) is 0 Å². The summed E-state index contributed by atoms with van der Waals surface area (Å²) >= 11 is 0. The molecule has 13 heavy (non-hydrogen) atoms. The lowest BCUT2D eigenvalue weighted by Gasteiger charge is -2.26. The molecule has 1 aliphatic heterocycles. The lowest BCUT2D eigenvalue weighted by atomic mass is 10.1. The largest absolute Gasteiger partial charge is 0.373 e. The summed E-state index contributed by atoms with van der Waals surface area (Å²) in [7, 11) is 2.12. The molecule has 0 bridgehead atoms. The smallest absolute Gasteiger partial charge is 0.0582 e. The Labute approximate surface area is 80.6 Å². The molecule has 0 spiro atoms. The molecule has 0 radical (unpaired) electrons. The summed E-state index contributed by atoms with van der Waals surface area (Å²) in [5.74, 6) is 0. The number of fused-ring (bicyclic) bond motifs is 1. The van der Waals surface area contributed by atoms with Gasteiger partial charge in [-0.05, 0) is 24.5 Å². The molecular weight excluding hydrogens is 160 g/mol. The molecule has 0 saturated heterocycles. The molecule has 1 aliphatic rings. The van der Waals surface area contributed by atoms with Gasteiger partial charge in [-0.1, -0.05) is 13.8 Å². The van der Waals surface area contributed by atoms with E-state index in [4.69, 9.17) is 0 Å². The molecular formula is C11H18N2. The van der Waals surface area contributed by atoms with Crippen molar-refractivity contribution in [2.75, 3.05) is 18.5 Å². The Balaban J connectivity index is 0.000000396. The van der Waals surface area contributed by atoms with Gasteiger partial charge in [-0.3, -0.25) is 4.98 Å². The highest BCUT2D eigenvalue weighted by molar-refractivity contribution is 5.52. The van der Waals surface area contributed by atoms with Crippen LogP contribution in [0.15, 0.2) is 18.5 Å². The minimum Gasteiger partial charge on any atom is -0.373 e. The molecule has 2 heterocycles. The Bertz CT molecular complexity index is 258. The molecule has 0 aliphatic carbocycles. The van der Waals surface area contributed by atoms with E-state index in [1.54, 1.807) is 0 Å². The Morgan fingerprint density at radius 1 is 1.38 bits per heavy atom. The van der Waals surface area contributed by atoms with Crippen molar-refractivity contribution < 1.29 is 0 Å². The van der Waals surface area contributed by atoms with Gasteiger partial charge in [-0.2, -0.15) is 0 Å². The zero-order chi connectivity index (χ0) is 9.68. The fourth-order valence-corrected chi connectivity index (χ4v) is 1.60. The van der Waals surface area contributed by atoms with Crippen molar-refractivity contribution >= 4 is 5.69 Å². The van der Waals surface area contributed by atoms with Gasteiger partial charge in [-0.15, -0.1) is 0 Å². The minimum atomic E-state index is 1.17. The van der Waals surface area contributed by atoms with Crippen LogP contribution in [-0.2, 0) is 6.42 Å². The summed E-state index contributed by atoms with van der Waals surface area (Å²) in [6, 6.07) is 2.12. The number of hydrogen-bond acceptors (Lipinski definition) is 2. The van der Waals surface area contributed by atoms with Crippen LogP contribution in [0.25, 0.3) is 0 Å². The Morgan fingerprint density at radius 3 is 2.85 bits per heavy atom. The van der Waals surface area contributed by atoms with E-state index in [0.29, 0.717) is 0 Å². The molecule has 0 aromatic carbocycles. The number of anilines is 1. The van der Waals surface area contributed by atoms with Crippen LogP contribution in [0.2, 0.25) is 0 Å². The van der Waals surface area contributed by atoms with E-state index in [1.807, 2.05) is 26.2 Å². The number of aryl methyl sites for hydroxylation is 1. The second-order valence-electron chi connectivity index (χ2n) is 3.03. The van der Waals surface area contributed by atoms with Gasteiger partial charge in [0.2, 0.25) is 0 Å². The Morgan fingerprint density at radius 2 is 2.15 bits per heavy atom. The fourth-order valence-electron chi connectivity index (χ4n) is 1.60. The average Bonchev–Trinajstić information content (AvgIpc) is 2.22. The van der Waals surface area contributed by atoms with Crippen molar-refractivity contribution in [3.05, 3.63) is 24.0 Å². The molecule has 1 aromatic rings. The molecule has 1 aromatic heterocycles. The van der Waals surface area contributed by atoms with Crippen molar-refractivity contribution in [3.63, 3.8) is 0 Å². The molecule has 2 rings (SSSR count). The van der Waals surface area contributed by atoms with Crippen molar-refractivity contribution in [3.8, 4) is 0 Å². The summed E-state index contributed by atoms with van der Waals surface area (Å²) in [5.41, 5.74) is 2.74. The molecule has 0 unspecified atom stereocenters. The fraction of sp³-hybridized carbons (Fsp3) is 0.545. The van der Waals surface area contributed by atoms with Crippen molar-refractivity contribution in [1.29, 1.82) is 0 Å². The van der Waals surface area contributed by atoms with Crippen LogP contribution in [0.1, 0.15) is 25.8 Å². The molecule has 0 saturated carbocycles. The summed E-state index contributed by atoms with van der Waals surface area (Å²) in [6.07, 6.45) is 6.31. The molecule has 2 heteroatoms. The molecule has 72 valence electrons. The van der Waals surface area contributed by atoms with Gasteiger partial charge in [0.15, 0.2) is 0 Å². The van der Waals surface area contributed by atoms with Crippen LogP contribution in [0.3, 0.4) is 0 Å². The van der Waals surface area contributed by atoms with E-state index >= 15 is 0 Å². The van der Waals surface area contributed by atoms with E-state index in [2.05, 4.69) is 23.0 Å². The standard InChI is InChI=1S/C9H12N2.C2H6/c1-11-6-2-3-8-4-5-10-7-9(8)11;1-2/h4-5,7H,2-3,6H2,1H3;1-2H3. The van der Waals surface area contributed by atoms with Gasteiger partial charge in [0.25, 0.3) is 0 Å². The van der Waals surface area contributed by atoms with E-state index in [9.17, 15) is 0 Å². The molecule has 0 atom stereocenters. The number of hydrogen-bond donors (Lipinski definition) is 0. The Kier molecular flexibility index (Phi) is 3.74. The van der Waals surface area contributed by atoms with Crippen LogP contribution in [0.5, 0.6) is 0 Å². The topological polar surface area (TPSA) is 16.1 Å². The Hall–Kier alpha value is -1.05. The maximum absolute atomic E-state index is 4.11. The maximum Gasteiger partial charge on any atom is 0.0582 e. The van der Waals surface area contributed by atoms with E-state index in [1.165, 1.54) is 30.6 Å². The first-order valence-corrected chi connectivity index (χ1v) is 5.02. The van der Waals surface area contributed by atoms with Gasteiger partial charge in [0.1, 0.15) is 0 Å². The number of aromatic nitrogens is 1. The zero-order valence-electron chi connectivity index (χ0n) is 8.75. The first kappa shape index (κ1) is 10.0. The third-order valence-electron chi connectivity index (χ3n) is 2.24. The summed E-state index contributed by atoms with van der Waals surface area (Å²) in [5, 5.41) is 0. The van der Waals surface area contributed by atoms with Gasteiger partial charge in [-0.25, -0.2) is 0 Å². The number of rotatable bonds is 0. The second-order valence-corrected chi connectivity index (χ2v) is 3.03. The zero-order valence-corrected chi connectivity index (χ0v) is 8.75. The summed E-state index contributed by atoms with van der Waals surface area (Å²) < 4.78 is 0. The first-order valence-electron chi connectivity index (χ1n) is 5.02. The van der Waals surface area contributed by atoms with Crippen LogP contribution < -0.4 is 4.90 Å². The quantitative estimate of drug-likeness (QED) is 0.606. The van der Waals surface area contributed by atoms with E-state index in [0.717, 1.165) is 0 Å². The van der Waals surface area contributed by atoms with Gasteiger partial charge >= 0.3 is 0 Å². The average molecular weight is 178 g/mol. The third kappa shape index (κ3) is 2.20. The number of pyridine rings is 1. The minimum absolute atomic E-state index is 1.17. The van der Waals surface area contributed by atoms with Crippen molar-refractivity contribution in [2.45, 2.75) is 26.7 Å². The van der Waals surface area contributed by atoms with Gasteiger partial charge in [0.05, 0.1) is 11.9 Å². The van der Waals surface area contributed by atoms with Crippen molar-refractivity contribution in [2.24, 2.45) is 0 Å². The highest BCUT2D eigenvalue weighted by atomic mass is 15.1. The predicted molar refractivity (Wildman–Crippen MR) is 57.2 cm³/mol. The van der Waals surface area contributed by atoms with Crippen LogP contribution in [0, 0.1) is 0 Å². The van der Waals surface area contributed by atoms with Crippen molar-refractivity contribution in [1.82, 2.24) is 4.98 Å². The van der Waals surface area contributed by atoms with Crippen LogP contribution >= 0.6 is 0 Å². The van der Waals surface area contributed by atoms with Crippen LogP contribution in [-0.4, -0.2) is 18.6 Å². The van der Waals surface area contributed by atoms with Gasteiger partial charge < -0.3 is 4.90 Å². The highest BCUT2D eigenvalue weighted by Crippen LogP contribution is 2.23. The SMILES string of the molecule is CC.CN1CCCc2ccncc21. The normalized spacial score (nSPS) is 14.2. The predicted octanol–water partition coefficient (Wildman–Crippen LogP) is 2.49. The second kappa shape index (κ2) is 4.85. The lowest BCUT2D eigenvalue weighted by Crippen LogP contribution is -2.24. The van der Waals surface area contributed by atoms with E-state index < -0.39 is 0 Å². The monoisotopic (exact) mass is 178 g/mol. The summed E-state index contributed by atoms with van der Waals surface area (Å²) in [4.78, 5) is 6.38. The molecule has 0 amide bonds. The van der Waals surface area contributed by atoms with Gasteiger partial charge in [0, 0.05) is 19.8 Å². The first-order chi connectivity index (χ1) is 6.38.